The molecule has 5 rings (SSSR count). The number of aryl methyl sites for hydroxylation is 1. The molecule has 0 unspecified atom stereocenters. The molecule has 8 heteroatoms. The van der Waals surface area contributed by atoms with Gasteiger partial charge in [-0.15, -0.1) is 0 Å². The highest BCUT2D eigenvalue weighted by molar-refractivity contribution is 6.00. The van der Waals surface area contributed by atoms with Gasteiger partial charge in [0.15, 0.2) is 0 Å². The number of amides is 2. The van der Waals surface area contributed by atoms with Crippen LogP contribution in [0.3, 0.4) is 0 Å². The Bertz CT molecular complexity index is 1180. The maximum Gasteiger partial charge on any atom is 0.228 e. The summed E-state index contributed by atoms with van der Waals surface area (Å²) in [4.78, 5) is 22.1. The van der Waals surface area contributed by atoms with Gasteiger partial charge in [-0.05, 0) is 47.9 Å². The second-order valence-electron chi connectivity index (χ2n) is 7.81. The average Bonchev–Trinajstić information content (AvgIpc) is 3.28. The predicted octanol–water partition coefficient (Wildman–Crippen LogP) is 4.14. The number of nitrogens with two attached hydrogens (primary N) is 1. The molecule has 6 nitrogen and oxygen atoms in total. The molecule has 0 saturated carbocycles. The SMILES string of the molecule is Cc1ccc(CNc2cc3c(cc2F)CC(=O)N3)cc1.Nc1cc2c(cc1F)CC(=O)N2. The first kappa shape index (κ1) is 21.3. The lowest BCUT2D eigenvalue weighted by Crippen LogP contribution is -2.04. The Morgan fingerprint density at radius 3 is 2.06 bits per heavy atom. The third kappa shape index (κ3) is 4.69. The fraction of sp³-hybridized carbons (Fsp3) is 0.167. The van der Waals surface area contributed by atoms with Crippen molar-refractivity contribution in [2.45, 2.75) is 26.3 Å². The second-order valence-corrected chi connectivity index (χ2v) is 7.81. The molecule has 0 bridgehead atoms. The first-order chi connectivity index (χ1) is 15.3. The lowest BCUT2D eigenvalue weighted by Gasteiger charge is -2.10. The highest BCUT2D eigenvalue weighted by Crippen LogP contribution is 2.29. The summed E-state index contributed by atoms with van der Waals surface area (Å²) >= 11 is 0. The number of nitrogens with one attached hydrogen (secondary N) is 3. The molecule has 32 heavy (non-hydrogen) atoms. The summed E-state index contributed by atoms with van der Waals surface area (Å²) in [6, 6.07) is 13.9. The minimum absolute atomic E-state index is 0.0657. The van der Waals surface area contributed by atoms with Crippen molar-refractivity contribution in [2.24, 2.45) is 0 Å². The Labute approximate surface area is 183 Å². The summed E-state index contributed by atoms with van der Waals surface area (Å²) < 4.78 is 26.8. The van der Waals surface area contributed by atoms with Crippen LogP contribution in [-0.2, 0) is 29.0 Å². The van der Waals surface area contributed by atoms with Gasteiger partial charge in [-0.2, -0.15) is 0 Å². The first-order valence-corrected chi connectivity index (χ1v) is 10.1. The summed E-state index contributed by atoms with van der Waals surface area (Å²) in [7, 11) is 0. The number of fused-ring (bicyclic) bond motifs is 2. The van der Waals surface area contributed by atoms with Gasteiger partial charge >= 0.3 is 0 Å². The van der Waals surface area contributed by atoms with Gasteiger partial charge in [-0.25, -0.2) is 8.78 Å². The van der Waals surface area contributed by atoms with Crippen LogP contribution >= 0.6 is 0 Å². The Morgan fingerprint density at radius 1 is 0.875 bits per heavy atom. The summed E-state index contributed by atoms with van der Waals surface area (Å²) in [6.07, 6.45) is 0.497. The van der Waals surface area contributed by atoms with E-state index in [1.165, 1.54) is 23.8 Å². The lowest BCUT2D eigenvalue weighted by atomic mass is 10.1. The molecule has 3 aromatic carbocycles. The molecule has 0 atom stereocenters. The molecule has 0 aliphatic carbocycles. The molecule has 0 radical (unpaired) electrons. The van der Waals surface area contributed by atoms with E-state index in [2.05, 4.69) is 16.0 Å². The number of carbonyl (C=O) groups excluding carboxylic acids is 2. The Hall–Kier alpha value is -3.94. The van der Waals surface area contributed by atoms with E-state index >= 15 is 0 Å². The Balaban J connectivity index is 0.000000174. The zero-order valence-electron chi connectivity index (χ0n) is 17.4. The van der Waals surface area contributed by atoms with Crippen molar-refractivity contribution in [2.75, 3.05) is 21.7 Å². The van der Waals surface area contributed by atoms with E-state index in [1.807, 2.05) is 31.2 Å². The van der Waals surface area contributed by atoms with Gasteiger partial charge in [0, 0.05) is 17.9 Å². The molecule has 5 N–H and O–H groups in total. The number of hydrogen-bond acceptors (Lipinski definition) is 4. The quantitative estimate of drug-likeness (QED) is 0.464. The van der Waals surface area contributed by atoms with Crippen molar-refractivity contribution < 1.29 is 18.4 Å². The van der Waals surface area contributed by atoms with E-state index < -0.39 is 5.82 Å². The van der Waals surface area contributed by atoms with E-state index in [4.69, 9.17) is 5.73 Å². The highest BCUT2D eigenvalue weighted by atomic mass is 19.1. The summed E-state index contributed by atoms with van der Waals surface area (Å²) in [5.41, 5.74) is 10.8. The monoisotopic (exact) mass is 436 g/mol. The molecule has 2 amide bonds. The van der Waals surface area contributed by atoms with Crippen LogP contribution in [0, 0.1) is 18.6 Å². The standard InChI is InChI=1S/C16H15FN2O.C8H7FN2O/c1-10-2-4-11(5-3-10)9-18-15-8-14-12(6-13(15)17)7-16(20)19-14;9-5-1-4-2-8(12)11-7(4)3-6(5)10/h2-6,8,18H,7,9H2,1H3,(H,19,20);1,3H,2,10H2,(H,11,12). The first-order valence-electron chi connectivity index (χ1n) is 10.1. The fourth-order valence-corrected chi connectivity index (χ4v) is 3.54. The van der Waals surface area contributed by atoms with Crippen molar-refractivity contribution in [1.82, 2.24) is 0 Å². The number of halogens is 2. The third-order valence-corrected chi connectivity index (χ3v) is 5.27. The maximum absolute atomic E-state index is 13.9. The van der Waals surface area contributed by atoms with Crippen molar-refractivity contribution in [3.05, 3.63) is 82.4 Å². The van der Waals surface area contributed by atoms with Crippen LogP contribution < -0.4 is 21.7 Å². The smallest absolute Gasteiger partial charge is 0.228 e. The van der Waals surface area contributed by atoms with Crippen LogP contribution in [0.1, 0.15) is 22.3 Å². The van der Waals surface area contributed by atoms with Crippen molar-refractivity contribution in [3.63, 3.8) is 0 Å². The molecule has 2 heterocycles. The molecule has 2 aliphatic rings. The van der Waals surface area contributed by atoms with E-state index in [1.54, 1.807) is 6.07 Å². The zero-order valence-corrected chi connectivity index (χ0v) is 17.4. The molecule has 2 aliphatic heterocycles. The topological polar surface area (TPSA) is 96.2 Å². The van der Waals surface area contributed by atoms with Crippen LogP contribution in [0.15, 0.2) is 48.5 Å². The normalized spacial score (nSPS) is 13.5. The van der Waals surface area contributed by atoms with Crippen LogP contribution in [0.25, 0.3) is 0 Å². The number of rotatable bonds is 3. The Kier molecular flexibility index (Phi) is 5.77. The van der Waals surface area contributed by atoms with Crippen molar-refractivity contribution in [1.29, 1.82) is 0 Å². The molecule has 3 aromatic rings. The van der Waals surface area contributed by atoms with E-state index in [9.17, 15) is 18.4 Å². The number of benzene rings is 3. The molecule has 0 fully saturated rings. The van der Waals surface area contributed by atoms with E-state index in [0.717, 1.165) is 5.56 Å². The van der Waals surface area contributed by atoms with Crippen LogP contribution in [0.4, 0.5) is 31.5 Å². The summed E-state index contributed by atoms with van der Waals surface area (Å²) in [6.45, 7) is 2.57. The van der Waals surface area contributed by atoms with Gasteiger partial charge < -0.3 is 21.7 Å². The van der Waals surface area contributed by atoms with Crippen molar-refractivity contribution >= 4 is 34.6 Å². The van der Waals surface area contributed by atoms with Crippen LogP contribution in [0.2, 0.25) is 0 Å². The minimum Gasteiger partial charge on any atom is -0.396 e. The van der Waals surface area contributed by atoms with Gasteiger partial charge in [0.2, 0.25) is 11.8 Å². The van der Waals surface area contributed by atoms with Gasteiger partial charge in [-0.3, -0.25) is 9.59 Å². The molecule has 0 aromatic heterocycles. The Morgan fingerprint density at radius 2 is 1.44 bits per heavy atom. The predicted molar refractivity (Wildman–Crippen MR) is 120 cm³/mol. The minimum atomic E-state index is -0.467. The molecule has 164 valence electrons. The highest BCUT2D eigenvalue weighted by Gasteiger charge is 2.20. The third-order valence-electron chi connectivity index (χ3n) is 5.27. The molecule has 0 saturated heterocycles. The molecular weight excluding hydrogens is 414 g/mol. The van der Waals surface area contributed by atoms with Crippen LogP contribution in [-0.4, -0.2) is 11.8 Å². The van der Waals surface area contributed by atoms with Gasteiger partial charge in [-0.1, -0.05) is 29.8 Å². The number of hydrogen-bond donors (Lipinski definition) is 4. The number of anilines is 4. The van der Waals surface area contributed by atoms with Crippen LogP contribution in [0.5, 0.6) is 0 Å². The maximum atomic E-state index is 13.9. The van der Waals surface area contributed by atoms with E-state index in [-0.39, 0.29) is 36.2 Å². The molecule has 0 spiro atoms. The van der Waals surface area contributed by atoms with Gasteiger partial charge in [0.05, 0.1) is 24.2 Å². The average molecular weight is 436 g/mol. The number of carbonyl (C=O) groups is 2. The number of nitrogen functional groups attached to an aromatic ring is 1. The van der Waals surface area contributed by atoms with Gasteiger partial charge in [0.25, 0.3) is 0 Å². The largest absolute Gasteiger partial charge is 0.396 e. The van der Waals surface area contributed by atoms with Gasteiger partial charge in [0.1, 0.15) is 11.6 Å². The van der Waals surface area contributed by atoms with Crippen molar-refractivity contribution in [3.8, 4) is 0 Å². The molecular formula is C24H22F2N4O2. The van der Waals surface area contributed by atoms with E-state index in [0.29, 0.717) is 34.7 Å². The second kappa shape index (κ2) is 8.66. The summed E-state index contributed by atoms with van der Waals surface area (Å²) in [5.74, 6) is -0.998. The fourth-order valence-electron chi connectivity index (χ4n) is 3.54. The zero-order chi connectivity index (χ0) is 22.8. The summed E-state index contributed by atoms with van der Waals surface area (Å²) in [5, 5.41) is 8.37. The lowest BCUT2D eigenvalue weighted by molar-refractivity contribution is -0.115.